The fourth-order valence-electron chi connectivity index (χ4n) is 4.02. The molecule has 0 bridgehead atoms. The number of para-hydroxylation sites is 2. The highest BCUT2D eigenvalue weighted by Crippen LogP contribution is 2.34. The predicted molar refractivity (Wildman–Crippen MR) is 110 cm³/mol. The number of hydrogen-bond donors (Lipinski definition) is 1. The van der Waals surface area contributed by atoms with E-state index in [4.69, 9.17) is 4.74 Å². The van der Waals surface area contributed by atoms with Gasteiger partial charge in [0, 0.05) is 37.8 Å². The number of nitrogens with one attached hydrogen (secondary N) is 1. The summed E-state index contributed by atoms with van der Waals surface area (Å²) in [6, 6.07) is 12.9. The predicted octanol–water partition coefficient (Wildman–Crippen LogP) is 2.60. The molecule has 2 aromatic rings. The maximum atomic E-state index is 12.8. The minimum Gasteiger partial charge on any atom is -0.495 e. The zero-order valence-corrected chi connectivity index (χ0v) is 16.5. The Hall–Kier alpha value is -3.35. The van der Waals surface area contributed by atoms with Crippen LogP contribution in [0.1, 0.15) is 18.9 Å². The minimum absolute atomic E-state index is 0.0152. The molecule has 7 heteroatoms. The molecule has 1 fully saturated rings. The van der Waals surface area contributed by atoms with Gasteiger partial charge in [0.05, 0.1) is 18.7 Å². The summed E-state index contributed by atoms with van der Waals surface area (Å²) in [5.74, 6) is -0.0933. The highest BCUT2D eigenvalue weighted by Gasteiger charge is 2.36. The molecule has 0 aliphatic carbocycles. The Morgan fingerprint density at radius 2 is 1.93 bits per heavy atom. The zero-order chi connectivity index (χ0) is 20.5. The van der Waals surface area contributed by atoms with E-state index in [0.29, 0.717) is 30.2 Å². The van der Waals surface area contributed by atoms with Crippen LogP contribution in [0.4, 0.5) is 17.1 Å². The molecule has 1 saturated heterocycles. The van der Waals surface area contributed by atoms with Crippen LogP contribution < -0.4 is 19.9 Å². The molecular formula is C22H23N3O4. The van der Waals surface area contributed by atoms with Crippen molar-refractivity contribution in [1.29, 1.82) is 0 Å². The first-order valence-electron chi connectivity index (χ1n) is 9.63. The number of methoxy groups -OCH3 is 1. The van der Waals surface area contributed by atoms with E-state index in [1.807, 2.05) is 30.3 Å². The second-order valence-electron chi connectivity index (χ2n) is 7.33. The topological polar surface area (TPSA) is 79.0 Å². The monoisotopic (exact) mass is 393 g/mol. The standard InChI is InChI=1S/C22H23N3O4/c1-14(26)24-10-9-15-11-17(7-8-18(15)24)23-22(28)16-12-21(27)25(13-16)19-5-3-4-6-20(19)29-2/h3-8,11,16H,9-10,12-13H2,1-2H3,(H,23,28)/t16-/m1/s1. The maximum absolute atomic E-state index is 12.8. The van der Waals surface area contributed by atoms with Crippen molar-refractivity contribution in [3.63, 3.8) is 0 Å². The maximum Gasteiger partial charge on any atom is 0.229 e. The van der Waals surface area contributed by atoms with Gasteiger partial charge < -0.3 is 19.9 Å². The summed E-state index contributed by atoms with van der Waals surface area (Å²) in [5.41, 5.74) is 3.30. The second-order valence-corrected chi connectivity index (χ2v) is 7.33. The van der Waals surface area contributed by atoms with Gasteiger partial charge in [-0.25, -0.2) is 0 Å². The largest absolute Gasteiger partial charge is 0.495 e. The lowest BCUT2D eigenvalue weighted by atomic mass is 10.1. The Morgan fingerprint density at radius 3 is 2.69 bits per heavy atom. The average molecular weight is 393 g/mol. The van der Waals surface area contributed by atoms with Crippen molar-refractivity contribution < 1.29 is 19.1 Å². The number of rotatable bonds is 4. The van der Waals surface area contributed by atoms with E-state index in [9.17, 15) is 14.4 Å². The normalized spacial score (nSPS) is 18.0. The van der Waals surface area contributed by atoms with Crippen molar-refractivity contribution in [2.45, 2.75) is 19.8 Å². The van der Waals surface area contributed by atoms with Gasteiger partial charge in [-0.15, -0.1) is 0 Å². The van der Waals surface area contributed by atoms with Crippen LogP contribution in [0.15, 0.2) is 42.5 Å². The first-order chi connectivity index (χ1) is 14.0. The van der Waals surface area contributed by atoms with Gasteiger partial charge in [0.15, 0.2) is 0 Å². The van der Waals surface area contributed by atoms with Crippen LogP contribution in [-0.2, 0) is 20.8 Å². The number of hydrogen-bond acceptors (Lipinski definition) is 4. The van der Waals surface area contributed by atoms with Gasteiger partial charge in [-0.2, -0.15) is 0 Å². The molecule has 2 aliphatic rings. The highest BCUT2D eigenvalue weighted by molar-refractivity contribution is 6.04. The van der Waals surface area contributed by atoms with E-state index in [1.165, 1.54) is 0 Å². The molecular weight excluding hydrogens is 370 g/mol. The first-order valence-corrected chi connectivity index (χ1v) is 9.63. The van der Waals surface area contributed by atoms with Gasteiger partial charge in [-0.1, -0.05) is 12.1 Å². The number of carbonyl (C=O) groups is 3. The molecule has 0 spiro atoms. The number of carbonyl (C=O) groups excluding carboxylic acids is 3. The number of anilines is 3. The number of amides is 3. The molecule has 2 heterocycles. The highest BCUT2D eigenvalue weighted by atomic mass is 16.5. The van der Waals surface area contributed by atoms with Crippen LogP contribution in [0.2, 0.25) is 0 Å². The third-order valence-electron chi connectivity index (χ3n) is 5.49. The van der Waals surface area contributed by atoms with Crippen molar-refractivity contribution >= 4 is 34.8 Å². The Morgan fingerprint density at radius 1 is 1.14 bits per heavy atom. The Balaban J connectivity index is 1.46. The van der Waals surface area contributed by atoms with Crippen LogP contribution in [0, 0.1) is 5.92 Å². The molecule has 0 aromatic heterocycles. The van der Waals surface area contributed by atoms with E-state index >= 15 is 0 Å². The van der Waals surface area contributed by atoms with E-state index in [1.54, 1.807) is 36.0 Å². The summed E-state index contributed by atoms with van der Waals surface area (Å²) in [6.07, 6.45) is 0.926. The van der Waals surface area contributed by atoms with Crippen molar-refractivity contribution in [2.24, 2.45) is 5.92 Å². The third-order valence-corrected chi connectivity index (χ3v) is 5.49. The fourth-order valence-corrected chi connectivity index (χ4v) is 4.02. The van der Waals surface area contributed by atoms with Crippen LogP contribution in [0.5, 0.6) is 5.75 Å². The summed E-state index contributed by atoms with van der Waals surface area (Å²) in [5, 5.41) is 2.93. The molecule has 150 valence electrons. The average Bonchev–Trinajstić information content (AvgIpc) is 3.31. The lowest BCUT2D eigenvalue weighted by Crippen LogP contribution is -2.28. The summed E-state index contributed by atoms with van der Waals surface area (Å²) in [7, 11) is 1.56. The summed E-state index contributed by atoms with van der Waals surface area (Å²) >= 11 is 0. The Kier molecular flexibility index (Phi) is 4.96. The molecule has 7 nitrogen and oxygen atoms in total. The molecule has 2 aromatic carbocycles. The smallest absolute Gasteiger partial charge is 0.229 e. The molecule has 3 amide bonds. The van der Waals surface area contributed by atoms with Gasteiger partial charge >= 0.3 is 0 Å². The van der Waals surface area contributed by atoms with Gasteiger partial charge in [0.2, 0.25) is 17.7 Å². The molecule has 0 saturated carbocycles. The molecule has 2 aliphatic heterocycles. The summed E-state index contributed by atoms with van der Waals surface area (Å²) in [6.45, 7) is 2.52. The SMILES string of the molecule is COc1ccccc1N1C[C@H](C(=O)Nc2ccc3c(c2)CCN3C(C)=O)CC1=O. The fraction of sp³-hybridized carbons (Fsp3) is 0.318. The van der Waals surface area contributed by atoms with Crippen LogP contribution in [-0.4, -0.2) is 37.9 Å². The minimum atomic E-state index is -0.436. The van der Waals surface area contributed by atoms with Crippen molar-refractivity contribution in [3.8, 4) is 5.75 Å². The number of ether oxygens (including phenoxy) is 1. The van der Waals surface area contributed by atoms with Gasteiger partial charge in [0.1, 0.15) is 5.75 Å². The van der Waals surface area contributed by atoms with Gasteiger partial charge in [-0.05, 0) is 42.3 Å². The zero-order valence-electron chi connectivity index (χ0n) is 16.5. The summed E-state index contributed by atoms with van der Waals surface area (Å²) < 4.78 is 5.34. The van der Waals surface area contributed by atoms with E-state index in [2.05, 4.69) is 5.32 Å². The molecule has 0 unspecified atom stereocenters. The third kappa shape index (κ3) is 3.55. The van der Waals surface area contributed by atoms with E-state index < -0.39 is 5.92 Å². The second kappa shape index (κ2) is 7.58. The van der Waals surface area contributed by atoms with Crippen molar-refractivity contribution in [2.75, 3.05) is 35.3 Å². The molecule has 1 N–H and O–H groups in total. The van der Waals surface area contributed by atoms with E-state index in [-0.39, 0.29) is 24.1 Å². The molecule has 0 radical (unpaired) electrons. The quantitative estimate of drug-likeness (QED) is 0.866. The lowest BCUT2D eigenvalue weighted by Gasteiger charge is -2.19. The lowest BCUT2D eigenvalue weighted by molar-refractivity contribution is -0.122. The van der Waals surface area contributed by atoms with Crippen LogP contribution in [0.3, 0.4) is 0 Å². The molecule has 4 rings (SSSR count). The molecule has 1 atom stereocenters. The number of nitrogens with zero attached hydrogens (tertiary/aromatic N) is 2. The van der Waals surface area contributed by atoms with Gasteiger partial charge in [0.25, 0.3) is 0 Å². The number of benzene rings is 2. The number of fused-ring (bicyclic) bond motifs is 1. The van der Waals surface area contributed by atoms with Crippen molar-refractivity contribution in [3.05, 3.63) is 48.0 Å². The van der Waals surface area contributed by atoms with Gasteiger partial charge in [-0.3, -0.25) is 14.4 Å². The van der Waals surface area contributed by atoms with Crippen LogP contribution >= 0.6 is 0 Å². The molecule has 29 heavy (non-hydrogen) atoms. The van der Waals surface area contributed by atoms with Crippen LogP contribution in [0.25, 0.3) is 0 Å². The first kappa shape index (κ1) is 19.0. The summed E-state index contributed by atoms with van der Waals surface area (Å²) in [4.78, 5) is 40.3. The Bertz CT molecular complexity index is 988. The Labute approximate surface area is 169 Å². The van der Waals surface area contributed by atoms with Crippen molar-refractivity contribution in [1.82, 2.24) is 0 Å². The van der Waals surface area contributed by atoms with E-state index in [0.717, 1.165) is 17.7 Å².